The van der Waals surface area contributed by atoms with Gasteiger partial charge in [0.05, 0.1) is 12.7 Å². The molecule has 0 heterocycles. The zero-order valence-electron chi connectivity index (χ0n) is 15.1. The first-order valence-electron chi connectivity index (χ1n) is 8.15. The molecule has 0 fully saturated rings. The van der Waals surface area contributed by atoms with Crippen molar-refractivity contribution in [1.82, 2.24) is 5.32 Å². The van der Waals surface area contributed by atoms with Gasteiger partial charge in [0, 0.05) is 10.1 Å². The Hall–Kier alpha value is -3.12. The monoisotopic (exact) mass is 488 g/mol. The molecule has 6 nitrogen and oxygen atoms in total. The number of halogens is 1. The lowest BCUT2D eigenvalue weighted by Crippen LogP contribution is -2.24. The average molecular weight is 488 g/mol. The summed E-state index contributed by atoms with van der Waals surface area (Å²) in [7, 11) is 1.44. The fraction of sp³-hybridized carbons (Fsp3) is 0.0952. The van der Waals surface area contributed by atoms with Crippen molar-refractivity contribution < 1.29 is 19.1 Å². The number of amides is 1. The van der Waals surface area contributed by atoms with Gasteiger partial charge in [-0.3, -0.25) is 4.79 Å². The van der Waals surface area contributed by atoms with Crippen LogP contribution in [0.1, 0.15) is 15.9 Å². The van der Waals surface area contributed by atoms with Crippen LogP contribution in [0.25, 0.3) is 6.08 Å². The largest absolute Gasteiger partial charge is 0.493 e. The van der Waals surface area contributed by atoms with Crippen LogP contribution in [0.3, 0.4) is 0 Å². The molecule has 1 amide bonds. The Morgan fingerprint density at radius 2 is 2.00 bits per heavy atom. The number of esters is 1. The van der Waals surface area contributed by atoms with Gasteiger partial charge < -0.3 is 14.8 Å². The molecule has 0 atom stereocenters. The number of nitrogens with one attached hydrogen (secondary N) is 1. The predicted molar refractivity (Wildman–Crippen MR) is 114 cm³/mol. The molecule has 0 bridgehead atoms. The Morgan fingerprint density at radius 3 is 2.64 bits per heavy atom. The number of methoxy groups -OCH3 is 1. The summed E-state index contributed by atoms with van der Waals surface area (Å²) in [5.41, 5.74) is 0.934. The molecule has 142 valence electrons. The van der Waals surface area contributed by atoms with E-state index in [9.17, 15) is 14.9 Å². The number of nitrogens with zero attached hydrogens (tertiary/aromatic N) is 1. The summed E-state index contributed by atoms with van der Waals surface area (Å²) < 4.78 is 11.5. The van der Waals surface area contributed by atoms with Crippen molar-refractivity contribution in [2.45, 2.75) is 0 Å². The lowest BCUT2D eigenvalue weighted by molar-refractivity contribution is -0.116. The normalized spacial score (nSPS) is 10.5. The van der Waals surface area contributed by atoms with Crippen molar-refractivity contribution in [3.8, 4) is 17.6 Å². The van der Waals surface area contributed by atoms with E-state index in [1.807, 2.05) is 18.2 Å². The third-order valence-electron chi connectivity index (χ3n) is 3.57. The Balaban J connectivity index is 2.26. The van der Waals surface area contributed by atoms with Crippen LogP contribution < -0.4 is 14.8 Å². The highest BCUT2D eigenvalue weighted by atomic mass is 127. The summed E-state index contributed by atoms with van der Waals surface area (Å²) in [5.74, 6) is -0.473. The minimum atomic E-state index is -0.506. The van der Waals surface area contributed by atoms with Crippen LogP contribution in [0.5, 0.6) is 11.5 Å². The number of hydrogen-bond donors (Lipinski definition) is 1. The fourth-order valence-electron chi connectivity index (χ4n) is 2.22. The van der Waals surface area contributed by atoms with Crippen molar-refractivity contribution in [1.29, 1.82) is 5.26 Å². The van der Waals surface area contributed by atoms with Gasteiger partial charge in [-0.25, -0.2) is 4.79 Å². The van der Waals surface area contributed by atoms with Gasteiger partial charge in [-0.2, -0.15) is 5.26 Å². The van der Waals surface area contributed by atoms with Crippen molar-refractivity contribution in [2.24, 2.45) is 0 Å². The summed E-state index contributed by atoms with van der Waals surface area (Å²) in [5, 5.41) is 11.7. The highest BCUT2D eigenvalue weighted by molar-refractivity contribution is 14.1. The molecule has 2 aromatic rings. The van der Waals surface area contributed by atoms with Crippen LogP contribution in [-0.4, -0.2) is 25.5 Å². The molecule has 0 saturated carbocycles. The van der Waals surface area contributed by atoms with E-state index < -0.39 is 11.9 Å². The molecule has 0 aliphatic carbocycles. The summed E-state index contributed by atoms with van der Waals surface area (Å²) in [6.45, 7) is 3.77. The molecule has 1 N–H and O–H groups in total. The van der Waals surface area contributed by atoms with Crippen LogP contribution in [0, 0.1) is 14.9 Å². The molecule has 0 unspecified atom stereocenters. The first kappa shape index (κ1) is 21.2. The summed E-state index contributed by atoms with van der Waals surface area (Å²) in [6.07, 6.45) is 2.94. The Morgan fingerprint density at radius 1 is 1.25 bits per heavy atom. The van der Waals surface area contributed by atoms with Gasteiger partial charge in [0.2, 0.25) is 0 Å². The number of rotatable bonds is 7. The second kappa shape index (κ2) is 10.3. The molecule has 7 heteroatoms. The number of carbonyl (C=O) groups is 2. The average Bonchev–Trinajstić information content (AvgIpc) is 2.71. The van der Waals surface area contributed by atoms with E-state index in [0.29, 0.717) is 16.9 Å². The Kier molecular flexibility index (Phi) is 7.77. The number of nitriles is 1. The van der Waals surface area contributed by atoms with Gasteiger partial charge in [0.15, 0.2) is 11.5 Å². The van der Waals surface area contributed by atoms with Gasteiger partial charge in [-0.1, -0.05) is 24.3 Å². The third kappa shape index (κ3) is 5.44. The highest BCUT2D eigenvalue weighted by Crippen LogP contribution is 2.30. The number of benzene rings is 2. The van der Waals surface area contributed by atoms with Crippen LogP contribution in [0.4, 0.5) is 0 Å². The minimum Gasteiger partial charge on any atom is -0.493 e. The smallest absolute Gasteiger partial charge is 0.344 e. The van der Waals surface area contributed by atoms with Gasteiger partial charge in [-0.05, 0) is 58.5 Å². The van der Waals surface area contributed by atoms with Crippen LogP contribution in [-0.2, 0) is 4.79 Å². The van der Waals surface area contributed by atoms with E-state index >= 15 is 0 Å². The zero-order chi connectivity index (χ0) is 20.5. The van der Waals surface area contributed by atoms with E-state index in [2.05, 4.69) is 34.5 Å². The summed E-state index contributed by atoms with van der Waals surface area (Å²) >= 11 is 2.06. The first-order chi connectivity index (χ1) is 13.5. The molecular formula is C21H17IN2O4. The molecule has 0 spiro atoms. The molecular weight excluding hydrogens is 471 g/mol. The molecule has 0 radical (unpaired) electrons. The second-order valence-electron chi connectivity index (χ2n) is 5.45. The standard InChI is InChI=1S/C21H17IN2O4/c1-3-10-24-20(25)15(13-23)11-14-8-9-18(19(12-14)27-2)28-21(26)16-6-4-5-7-17(16)22/h3-9,11-12H,1,10H2,2H3,(H,24,25)/b15-11+. The Bertz CT molecular complexity index is 977. The molecule has 0 aromatic heterocycles. The Labute approximate surface area is 176 Å². The lowest BCUT2D eigenvalue weighted by atomic mass is 10.1. The molecule has 2 rings (SSSR count). The molecule has 0 saturated heterocycles. The van der Waals surface area contributed by atoms with Crippen molar-refractivity contribution in [2.75, 3.05) is 13.7 Å². The maximum absolute atomic E-state index is 12.4. The van der Waals surface area contributed by atoms with Crippen LogP contribution in [0.15, 0.2) is 60.7 Å². The first-order valence-corrected chi connectivity index (χ1v) is 9.23. The maximum atomic E-state index is 12.4. The second-order valence-corrected chi connectivity index (χ2v) is 6.61. The predicted octanol–water partition coefficient (Wildman–Crippen LogP) is 3.73. The number of carbonyl (C=O) groups excluding carboxylic acids is 2. The summed E-state index contributed by atoms with van der Waals surface area (Å²) in [4.78, 5) is 24.3. The van der Waals surface area contributed by atoms with Crippen LogP contribution >= 0.6 is 22.6 Å². The molecule has 28 heavy (non-hydrogen) atoms. The lowest BCUT2D eigenvalue weighted by Gasteiger charge is -2.11. The van der Waals surface area contributed by atoms with Gasteiger partial charge in [0.1, 0.15) is 11.6 Å². The van der Waals surface area contributed by atoms with E-state index in [1.54, 1.807) is 30.3 Å². The van der Waals surface area contributed by atoms with Gasteiger partial charge in [-0.15, -0.1) is 6.58 Å². The zero-order valence-corrected chi connectivity index (χ0v) is 17.2. The molecule has 0 aliphatic heterocycles. The third-order valence-corrected chi connectivity index (χ3v) is 4.51. The van der Waals surface area contributed by atoms with Gasteiger partial charge >= 0.3 is 5.97 Å². The SMILES string of the molecule is C=CCNC(=O)/C(C#N)=C/c1ccc(OC(=O)c2ccccc2I)c(OC)c1. The fourth-order valence-corrected chi connectivity index (χ4v) is 2.82. The minimum absolute atomic E-state index is 0.0625. The highest BCUT2D eigenvalue weighted by Gasteiger charge is 2.15. The van der Waals surface area contributed by atoms with E-state index in [1.165, 1.54) is 19.3 Å². The van der Waals surface area contributed by atoms with E-state index in [4.69, 9.17) is 9.47 Å². The topological polar surface area (TPSA) is 88.4 Å². The molecule has 0 aliphatic rings. The van der Waals surface area contributed by atoms with Crippen molar-refractivity contribution in [3.63, 3.8) is 0 Å². The quantitative estimate of drug-likeness (QED) is 0.160. The van der Waals surface area contributed by atoms with Gasteiger partial charge in [0.25, 0.3) is 5.91 Å². The van der Waals surface area contributed by atoms with Crippen molar-refractivity contribution >= 4 is 40.5 Å². The maximum Gasteiger partial charge on any atom is 0.344 e. The van der Waals surface area contributed by atoms with E-state index in [0.717, 1.165) is 3.57 Å². The number of ether oxygens (including phenoxy) is 2. The van der Waals surface area contributed by atoms with E-state index in [-0.39, 0.29) is 17.9 Å². The van der Waals surface area contributed by atoms with Crippen LogP contribution in [0.2, 0.25) is 0 Å². The summed E-state index contributed by atoms with van der Waals surface area (Å²) in [6, 6.07) is 13.7. The van der Waals surface area contributed by atoms with Crippen molar-refractivity contribution in [3.05, 3.63) is 75.4 Å². The number of hydrogen-bond acceptors (Lipinski definition) is 5. The molecule has 2 aromatic carbocycles.